The number of carbonyl (C=O) groups is 2. The first-order chi connectivity index (χ1) is 33.5. The van der Waals surface area contributed by atoms with E-state index in [9.17, 15) is 19.8 Å². The van der Waals surface area contributed by atoms with Gasteiger partial charge in [-0.25, -0.2) is 0 Å². The summed E-state index contributed by atoms with van der Waals surface area (Å²) in [6.07, 6.45) is 70.3. The zero-order valence-corrected chi connectivity index (χ0v) is 45.9. The number of aliphatic hydroxyl groups excluding tert-OH is 2. The molecular weight excluding hydrogens is 839 g/mol. The quantitative estimate of drug-likeness (QED) is 0.0321. The van der Waals surface area contributed by atoms with Crippen LogP contribution in [0.2, 0.25) is 0 Å². The van der Waals surface area contributed by atoms with Crippen molar-refractivity contribution < 1.29 is 24.5 Å². The molecule has 0 aromatic carbocycles. The largest absolute Gasteiger partial charge is 0.466 e. The lowest BCUT2D eigenvalue weighted by Crippen LogP contribution is -2.45. The lowest BCUT2D eigenvalue weighted by Gasteiger charge is -2.22. The normalized spacial score (nSPS) is 12.7. The summed E-state index contributed by atoms with van der Waals surface area (Å²) < 4.78 is 5.47. The minimum atomic E-state index is -0.675. The van der Waals surface area contributed by atoms with Gasteiger partial charge in [-0.1, -0.05) is 269 Å². The summed E-state index contributed by atoms with van der Waals surface area (Å²) in [5.74, 6) is -0.0603. The zero-order valence-electron chi connectivity index (χ0n) is 45.9. The van der Waals surface area contributed by atoms with Crippen molar-refractivity contribution in [1.29, 1.82) is 0 Å². The molecular formula is C62H119NO5. The maximum absolute atomic E-state index is 12.5. The first-order valence-corrected chi connectivity index (χ1v) is 30.6. The van der Waals surface area contributed by atoms with Crippen molar-refractivity contribution in [2.75, 3.05) is 13.2 Å². The maximum atomic E-state index is 12.5. The van der Waals surface area contributed by atoms with Gasteiger partial charge >= 0.3 is 5.97 Å². The van der Waals surface area contributed by atoms with Crippen LogP contribution >= 0.6 is 0 Å². The Morgan fingerprint density at radius 1 is 0.397 bits per heavy atom. The molecule has 0 saturated heterocycles. The highest BCUT2D eigenvalue weighted by molar-refractivity contribution is 5.76. The number of esters is 1. The summed E-state index contributed by atoms with van der Waals surface area (Å²) in [4.78, 5) is 24.6. The second kappa shape index (κ2) is 57.9. The van der Waals surface area contributed by atoms with Gasteiger partial charge < -0.3 is 20.3 Å². The van der Waals surface area contributed by atoms with Gasteiger partial charge in [-0.3, -0.25) is 9.59 Å². The van der Waals surface area contributed by atoms with Crippen molar-refractivity contribution in [3.05, 3.63) is 24.3 Å². The number of hydrogen-bond donors (Lipinski definition) is 3. The van der Waals surface area contributed by atoms with Crippen LogP contribution in [0.4, 0.5) is 0 Å². The molecule has 0 fully saturated rings. The van der Waals surface area contributed by atoms with Crippen LogP contribution in [0.5, 0.6) is 0 Å². The van der Waals surface area contributed by atoms with E-state index in [4.69, 9.17) is 4.74 Å². The van der Waals surface area contributed by atoms with Crippen molar-refractivity contribution in [3.63, 3.8) is 0 Å². The van der Waals surface area contributed by atoms with E-state index in [0.717, 1.165) is 70.6 Å². The van der Waals surface area contributed by atoms with E-state index in [1.54, 1.807) is 0 Å². The first-order valence-electron chi connectivity index (χ1n) is 30.6. The molecule has 1 amide bonds. The topological polar surface area (TPSA) is 95.9 Å². The van der Waals surface area contributed by atoms with E-state index in [1.165, 1.54) is 231 Å². The highest BCUT2D eigenvalue weighted by Crippen LogP contribution is 2.17. The first kappa shape index (κ1) is 66.3. The van der Waals surface area contributed by atoms with Gasteiger partial charge in [0.15, 0.2) is 0 Å². The minimum Gasteiger partial charge on any atom is -0.466 e. The van der Waals surface area contributed by atoms with E-state index in [-0.39, 0.29) is 18.5 Å². The van der Waals surface area contributed by atoms with Crippen LogP contribution in [-0.2, 0) is 14.3 Å². The fourth-order valence-electron chi connectivity index (χ4n) is 9.51. The molecule has 0 saturated carbocycles. The Morgan fingerprint density at radius 2 is 0.691 bits per heavy atom. The van der Waals surface area contributed by atoms with Gasteiger partial charge in [0.1, 0.15) is 0 Å². The number of unbranched alkanes of at least 4 members (excludes halogenated alkanes) is 42. The van der Waals surface area contributed by atoms with Crippen LogP contribution in [0.1, 0.15) is 335 Å². The van der Waals surface area contributed by atoms with Crippen molar-refractivity contribution in [3.8, 4) is 0 Å². The van der Waals surface area contributed by atoms with Gasteiger partial charge in [-0.05, 0) is 77.0 Å². The third kappa shape index (κ3) is 53.7. The Hall–Kier alpha value is -1.66. The second-order valence-electron chi connectivity index (χ2n) is 21.0. The highest BCUT2D eigenvalue weighted by atomic mass is 16.5. The van der Waals surface area contributed by atoms with Crippen molar-refractivity contribution >= 4 is 11.9 Å². The molecule has 0 aliphatic heterocycles. The van der Waals surface area contributed by atoms with Crippen LogP contribution in [0.15, 0.2) is 24.3 Å². The molecule has 68 heavy (non-hydrogen) atoms. The minimum absolute atomic E-state index is 0.0127. The van der Waals surface area contributed by atoms with Crippen molar-refractivity contribution in [2.45, 2.75) is 347 Å². The standard InChI is InChI=1S/C62H119NO5/c1-3-5-7-9-11-13-15-17-19-21-22-24-26-30-34-38-42-46-50-54-60(65)59(58-64)63-61(66)55-51-47-43-39-35-31-27-25-29-33-37-41-45-49-53-57-68-62(67)56-52-48-44-40-36-32-28-23-20-18-16-14-12-10-8-6-4-2/h18,20,29,33,59-60,64-65H,3-17,19,21-28,30-32,34-58H2,1-2H3,(H,63,66)/b20-18-,33-29-. The van der Waals surface area contributed by atoms with Gasteiger partial charge in [-0.2, -0.15) is 0 Å². The van der Waals surface area contributed by atoms with Gasteiger partial charge in [-0.15, -0.1) is 0 Å². The SMILES string of the molecule is CCCCCCCC/C=C\CCCCCCCCCC(=O)OCCCCCC/C=C\CCCCCCCCCC(=O)NC(CO)C(O)CCCCCCCCCCCCCCCCCCCCC. The number of allylic oxidation sites excluding steroid dienone is 4. The van der Waals surface area contributed by atoms with E-state index < -0.39 is 12.1 Å². The molecule has 0 bridgehead atoms. The third-order valence-electron chi connectivity index (χ3n) is 14.2. The van der Waals surface area contributed by atoms with E-state index in [2.05, 4.69) is 43.5 Å². The smallest absolute Gasteiger partial charge is 0.305 e. The highest BCUT2D eigenvalue weighted by Gasteiger charge is 2.20. The Labute approximate surface area is 424 Å². The Bertz CT molecular complexity index is 1060. The summed E-state index contributed by atoms with van der Waals surface area (Å²) in [5.41, 5.74) is 0. The van der Waals surface area contributed by atoms with E-state index in [0.29, 0.717) is 25.9 Å². The van der Waals surface area contributed by atoms with Crippen molar-refractivity contribution in [1.82, 2.24) is 5.32 Å². The van der Waals surface area contributed by atoms with Crippen LogP contribution < -0.4 is 5.32 Å². The predicted molar refractivity (Wildman–Crippen MR) is 296 cm³/mol. The van der Waals surface area contributed by atoms with Crippen LogP contribution in [-0.4, -0.2) is 47.4 Å². The molecule has 6 nitrogen and oxygen atoms in total. The molecule has 0 aliphatic rings. The van der Waals surface area contributed by atoms with Crippen LogP contribution in [0.25, 0.3) is 0 Å². The summed E-state index contributed by atoms with van der Waals surface area (Å²) in [7, 11) is 0. The Balaban J connectivity index is 3.46. The van der Waals surface area contributed by atoms with Gasteiger partial charge in [0.25, 0.3) is 0 Å². The monoisotopic (exact) mass is 958 g/mol. The lowest BCUT2D eigenvalue weighted by molar-refractivity contribution is -0.143. The number of hydrogen-bond acceptors (Lipinski definition) is 5. The molecule has 0 rings (SSSR count). The summed E-state index contributed by atoms with van der Waals surface area (Å²) >= 11 is 0. The van der Waals surface area contributed by atoms with Crippen molar-refractivity contribution in [2.24, 2.45) is 0 Å². The molecule has 0 heterocycles. The van der Waals surface area contributed by atoms with Crippen LogP contribution in [0, 0.1) is 0 Å². The molecule has 2 unspecified atom stereocenters. The molecule has 0 spiro atoms. The molecule has 0 aliphatic carbocycles. The second-order valence-corrected chi connectivity index (χ2v) is 21.0. The molecule has 0 radical (unpaired) electrons. The lowest BCUT2D eigenvalue weighted by atomic mass is 10.0. The number of rotatable bonds is 57. The number of ether oxygens (including phenoxy) is 1. The predicted octanol–water partition coefficient (Wildman–Crippen LogP) is 19.0. The maximum Gasteiger partial charge on any atom is 0.305 e. The van der Waals surface area contributed by atoms with Gasteiger partial charge in [0.2, 0.25) is 5.91 Å². The fraction of sp³-hybridized carbons (Fsp3) is 0.903. The Morgan fingerprint density at radius 3 is 1.04 bits per heavy atom. The van der Waals surface area contributed by atoms with Gasteiger partial charge in [0, 0.05) is 12.8 Å². The molecule has 2 atom stereocenters. The molecule has 0 aromatic rings. The zero-order chi connectivity index (χ0) is 49.3. The van der Waals surface area contributed by atoms with Crippen LogP contribution in [0.3, 0.4) is 0 Å². The number of amides is 1. The third-order valence-corrected chi connectivity index (χ3v) is 14.2. The summed E-state index contributed by atoms with van der Waals surface area (Å²) in [6, 6.07) is -0.554. The average Bonchev–Trinajstić information content (AvgIpc) is 3.34. The fourth-order valence-corrected chi connectivity index (χ4v) is 9.51. The average molecular weight is 959 g/mol. The molecule has 402 valence electrons. The Kier molecular flexibility index (Phi) is 56.5. The molecule has 0 aromatic heterocycles. The number of nitrogens with one attached hydrogen (secondary N) is 1. The molecule has 3 N–H and O–H groups in total. The number of aliphatic hydroxyl groups is 2. The summed E-state index contributed by atoms with van der Waals surface area (Å²) in [6.45, 7) is 4.93. The molecule has 6 heteroatoms. The van der Waals surface area contributed by atoms with Gasteiger partial charge in [0.05, 0.1) is 25.4 Å². The summed E-state index contributed by atoms with van der Waals surface area (Å²) in [5, 5.41) is 23.3. The van der Waals surface area contributed by atoms with E-state index in [1.807, 2.05) is 0 Å². The van der Waals surface area contributed by atoms with E-state index >= 15 is 0 Å². The number of carbonyl (C=O) groups excluding carboxylic acids is 2.